The minimum Gasteiger partial charge on any atom is -0.362 e. The van der Waals surface area contributed by atoms with Crippen LogP contribution in [0.15, 0.2) is 53.4 Å². The predicted octanol–water partition coefficient (Wildman–Crippen LogP) is 1.59. The van der Waals surface area contributed by atoms with E-state index in [1.165, 1.54) is 12.1 Å². The summed E-state index contributed by atoms with van der Waals surface area (Å²) in [5.41, 5.74) is 4.28. The predicted molar refractivity (Wildman–Crippen MR) is 91.8 cm³/mol. The highest BCUT2D eigenvalue weighted by atomic mass is 32.2. The van der Waals surface area contributed by atoms with Gasteiger partial charge >= 0.3 is 0 Å². The monoisotopic (exact) mass is 363 g/mol. The Kier molecular flexibility index (Phi) is 5.00. The average Bonchev–Trinajstić information content (AvgIpc) is 2.61. The first-order valence-corrected chi connectivity index (χ1v) is 9.34. The molecule has 1 heterocycles. The summed E-state index contributed by atoms with van der Waals surface area (Å²) in [6, 6.07) is 12.8. The van der Waals surface area contributed by atoms with Gasteiger partial charge in [-0.15, -0.1) is 4.83 Å². The van der Waals surface area contributed by atoms with E-state index < -0.39 is 26.6 Å². The number of nitrogens with zero attached hydrogens (tertiary/aromatic N) is 1. The van der Waals surface area contributed by atoms with Crippen molar-refractivity contribution in [2.24, 2.45) is 0 Å². The number of sulfonamides is 1. The Balaban J connectivity index is 1.64. The van der Waals surface area contributed by atoms with Gasteiger partial charge in [0.05, 0.1) is 6.54 Å². The normalized spacial score (nSPS) is 14.0. The highest BCUT2D eigenvalue weighted by Gasteiger charge is 2.21. The second-order valence-corrected chi connectivity index (χ2v) is 7.39. The third kappa shape index (κ3) is 3.97. The first-order valence-electron chi connectivity index (χ1n) is 7.85. The summed E-state index contributed by atoms with van der Waals surface area (Å²) in [4.78, 5) is 15.4. The zero-order chi connectivity index (χ0) is 17.9. The van der Waals surface area contributed by atoms with Crippen molar-refractivity contribution < 1.29 is 17.6 Å². The van der Waals surface area contributed by atoms with Gasteiger partial charge in [0, 0.05) is 12.2 Å². The molecule has 25 heavy (non-hydrogen) atoms. The smallest absolute Gasteiger partial charge is 0.260 e. The van der Waals surface area contributed by atoms with Crippen LogP contribution >= 0.6 is 0 Å². The molecule has 3 rings (SSSR count). The zero-order valence-electron chi connectivity index (χ0n) is 13.4. The molecule has 0 atom stereocenters. The Morgan fingerprint density at radius 1 is 1.12 bits per heavy atom. The molecule has 2 N–H and O–H groups in total. The van der Waals surface area contributed by atoms with E-state index in [0.717, 1.165) is 36.2 Å². The van der Waals surface area contributed by atoms with E-state index in [1.807, 2.05) is 34.0 Å². The molecule has 0 saturated heterocycles. The van der Waals surface area contributed by atoms with Gasteiger partial charge in [0.15, 0.2) is 0 Å². The molecule has 1 aliphatic heterocycles. The number of fused-ring (bicyclic) bond motifs is 1. The zero-order valence-corrected chi connectivity index (χ0v) is 14.2. The van der Waals surface area contributed by atoms with E-state index in [9.17, 15) is 17.6 Å². The maximum Gasteiger partial charge on any atom is 0.260 e. The lowest BCUT2D eigenvalue weighted by Crippen LogP contribution is -2.47. The number of para-hydroxylation sites is 1. The molecular formula is C17H18FN3O3S. The van der Waals surface area contributed by atoms with Crippen molar-refractivity contribution >= 4 is 21.6 Å². The van der Waals surface area contributed by atoms with Crippen LogP contribution < -0.4 is 15.2 Å². The largest absolute Gasteiger partial charge is 0.362 e. The number of halogens is 1. The average molecular weight is 363 g/mol. The summed E-state index contributed by atoms with van der Waals surface area (Å²) >= 11 is 0. The van der Waals surface area contributed by atoms with Gasteiger partial charge < -0.3 is 4.90 Å². The van der Waals surface area contributed by atoms with Crippen molar-refractivity contribution in [2.75, 3.05) is 18.0 Å². The molecule has 6 nitrogen and oxygen atoms in total. The van der Waals surface area contributed by atoms with Gasteiger partial charge in [0.25, 0.3) is 15.9 Å². The first kappa shape index (κ1) is 17.4. The fraction of sp³-hybridized carbons (Fsp3) is 0.235. The number of anilines is 1. The number of benzene rings is 2. The molecule has 0 fully saturated rings. The third-order valence-electron chi connectivity index (χ3n) is 3.99. The van der Waals surface area contributed by atoms with Crippen LogP contribution in [0.25, 0.3) is 0 Å². The van der Waals surface area contributed by atoms with Gasteiger partial charge in [-0.05, 0) is 36.6 Å². The van der Waals surface area contributed by atoms with Gasteiger partial charge in [0.1, 0.15) is 10.7 Å². The molecule has 8 heteroatoms. The summed E-state index contributed by atoms with van der Waals surface area (Å²) in [6.45, 7) is 0.724. The number of rotatable bonds is 5. The van der Waals surface area contributed by atoms with Crippen LogP contribution in [0.3, 0.4) is 0 Å². The Morgan fingerprint density at radius 3 is 2.64 bits per heavy atom. The number of nitrogens with one attached hydrogen (secondary N) is 2. The molecule has 0 aromatic heterocycles. The number of carbonyl (C=O) groups is 1. The fourth-order valence-corrected chi connectivity index (χ4v) is 3.77. The van der Waals surface area contributed by atoms with Crippen LogP contribution in [0.4, 0.5) is 10.1 Å². The molecule has 0 bridgehead atoms. The highest BCUT2D eigenvalue weighted by molar-refractivity contribution is 7.89. The van der Waals surface area contributed by atoms with Crippen molar-refractivity contribution in [3.05, 3.63) is 59.9 Å². The van der Waals surface area contributed by atoms with Crippen LogP contribution in [0.5, 0.6) is 0 Å². The summed E-state index contributed by atoms with van der Waals surface area (Å²) in [5, 5.41) is 0. The molecule has 0 saturated carbocycles. The Labute approximate surface area is 145 Å². The maximum atomic E-state index is 13.6. The second-order valence-electron chi connectivity index (χ2n) is 5.74. The van der Waals surface area contributed by atoms with Crippen LogP contribution in [0.2, 0.25) is 0 Å². The van der Waals surface area contributed by atoms with Crippen LogP contribution in [0, 0.1) is 5.82 Å². The van der Waals surface area contributed by atoms with E-state index in [0.29, 0.717) is 6.54 Å². The number of carbonyl (C=O) groups excluding carboxylic acids is 1. The number of amides is 1. The molecule has 0 radical (unpaired) electrons. The minimum atomic E-state index is -4.16. The minimum absolute atomic E-state index is 0.0107. The number of hydrogen-bond donors (Lipinski definition) is 2. The van der Waals surface area contributed by atoms with Gasteiger partial charge in [-0.25, -0.2) is 12.8 Å². The Bertz CT molecular complexity index is 886. The van der Waals surface area contributed by atoms with E-state index in [2.05, 4.69) is 5.43 Å². The molecule has 132 valence electrons. The van der Waals surface area contributed by atoms with Gasteiger partial charge in [-0.2, -0.15) is 0 Å². The Hall–Kier alpha value is -2.45. The van der Waals surface area contributed by atoms with Gasteiger partial charge in [0.2, 0.25) is 0 Å². The molecule has 0 aliphatic carbocycles. The number of hydrazine groups is 1. The van der Waals surface area contributed by atoms with E-state index in [4.69, 9.17) is 0 Å². The van der Waals surface area contributed by atoms with Crippen molar-refractivity contribution in [3.63, 3.8) is 0 Å². The lowest BCUT2D eigenvalue weighted by atomic mass is 10.0. The SMILES string of the molecule is O=C(CN1CCCc2ccccc21)NNS(=O)(=O)c1ccccc1F. The standard InChI is InChI=1S/C17H18FN3O3S/c18-14-8-2-4-10-16(14)25(23,24)20-19-17(22)12-21-11-5-7-13-6-1-3-9-15(13)21/h1-4,6,8-10,20H,5,7,11-12H2,(H,19,22). The summed E-state index contributed by atoms with van der Waals surface area (Å²) in [7, 11) is -4.16. The Morgan fingerprint density at radius 2 is 1.84 bits per heavy atom. The molecule has 0 spiro atoms. The molecule has 2 aromatic rings. The van der Waals surface area contributed by atoms with Crippen molar-refractivity contribution in [1.29, 1.82) is 0 Å². The quantitative estimate of drug-likeness (QED) is 0.791. The van der Waals surface area contributed by atoms with Gasteiger partial charge in [-0.1, -0.05) is 30.3 Å². The lowest BCUT2D eigenvalue weighted by molar-refractivity contribution is -0.120. The lowest BCUT2D eigenvalue weighted by Gasteiger charge is -2.30. The second kappa shape index (κ2) is 7.20. The van der Waals surface area contributed by atoms with E-state index in [1.54, 1.807) is 0 Å². The first-order chi connectivity index (χ1) is 12.0. The van der Waals surface area contributed by atoms with Crippen LogP contribution in [-0.4, -0.2) is 27.4 Å². The summed E-state index contributed by atoms with van der Waals surface area (Å²) in [5.74, 6) is -1.40. The van der Waals surface area contributed by atoms with E-state index >= 15 is 0 Å². The van der Waals surface area contributed by atoms with Crippen LogP contribution in [0.1, 0.15) is 12.0 Å². The molecule has 2 aromatic carbocycles. The molecule has 0 unspecified atom stereocenters. The van der Waals surface area contributed by atoms with E-state index in [-0.39, 0.29) is 6.54 Å². The molecule has 1 amide bonds. The number of hydrogen-bond acceptors (Lipinski definition) is 4. The maximum absolute atomic E-state index is 13.6. The topological polar surface area (TPSA) is 78.5 Å². The van der Waals surface area contributed by atoms with Crippen molar-refractivity contribution in [1.82, 2.24) is 10.3 Å². The third-order valence-corrected chi connectivity index (χ3v) is 5.27. The molecule has 1 aliphatic rings. The summed E-state index contributed by atoms with van der Waals surface area (Å²) < 4.78 is 37.7. The van der Waals surface area contributed by atoms with Crippen molar-refractivity contribution in [3.8, 4) is 0 Å². The number of aryl methyl sites for hydroxylation is 1. The summed E-state index contributed by atoms with van der Waals surface area (Å²) in [6.07, 6.45) is 1.87. The highest BCUT2D eigenvalue weighted by Crippen LogP contribution is 2.26. The molecular weight excluding hydrogens is 345 g/mol. The fourth-order valence-electron chi connectivity index (χ4n) is 2.83. The van der Waals surface area contributed by atoms with Gasteiger partial charge in [-0.3, -0.25) is 10.2 Å². The van der Waals surface area contributed by atoms with Crippen molar-refractivity contribution in [2.45, 2.75) is 17.7 Å². The van der Waals surface area contributed by atoms with Crippen LogP contribution in [-0.2, 0) is 21.2 Å².